The molecule has 0 N–H and O–H groups in total. The van der Waals surface area contributed by atoms with Crippen molar-refractivity contribution in [3.8, 4) is 17.2 Å². The molecular weight excluding hydrogens is 530 g/mol. The Labute approximate surface area is 228 Å². The van der Waals surface area contributed by atoms with Crippen molar-refractivity contribution in [3.05, 3.63) is 71.8 Å². The van der Waals surface area contributed by atoms with Gasteiger partial charge in [0.2, 0.25) is 5.91 Å². The second kappa shape index (κ2) is 11.8. The molecule has 1 fully saturated rings. The summed E-state index contributed by atoms with van der Waals surface area (Å²) < 4.78 is 44.6. The highest BCUT2D eigenvalue weighted by atomic mass is 35.5. The van der Waals surface area contributed by atoms with Crippen LogP contribution in [0.5, 0.6) is 17.2 Å². The summed E-state index contributed by atoms with van der Waals surface area (Å²) in [5, 5.41) is 0.650. The molecule has 202 valence electrons. The molecule has 0 radical (unpaired) electrons. The van der Waals surface area contributed by atoms with Gasteiger partial charge in [-0.05, 0) is 54.6 Å². The van der Waals surface area contributed by atoms with Gasteiger partial charge in [0.25, 0.3) is 10.0 Å². The predicted molar refractivity (Wildman–Crippen MR) is 147 cm³/mol. The van der Waals surface area contributed by atoms with E-state index in [1.54, 1.807) is 29.2 Å². The Balaban J connectivity index is 1.58. The lowest BCUT2D eigenvalue weighted by Crippen LogP contribution is -2.52. The average molecular weight is 560 g/mol. The van der Waals surface area contributed by atoms with Gasteiger partial charge in [0.1, 0.15) is 12.3 Å². The second-order valence-corrected chi connectivity index (χ2v) is 10.9. The third-order valence-corrected chi connectivity index (χ3v) is 8.39. The van der Waals surface area contributed by atoms with Crippen LogP contribution in [0.1, 0.15) is 0 Å². The summed E-state index contributed by atoms with van der Waals surface area (Å²) in [6.07, 6.45) is 0. The molecule has 0 spiro atoms. The number of benzene rings is 3. The van der Waals surface area contributed by atoms with E-state index in [4.69, 9.17) is 25.8 Å². The number of rotatable bonds is 9. The number of methoxy groups -OCH3 is 3. The lowest BCUT2D eigenvalue weighted by Gasteiger charge is -2.37. The lowest BCUT2D eigenvalue weighted by molar-refractivity contribution is -0.129. The molecular formula is C27H30ClN3O6S. The fourth-order valence-electron chi connectivity index (χ4n) is 4.28. The van der Waals surface area contributed by atoms with Gasteiger partial charge in [-0.2, -0.15) is 0 Å². The Morgan fingerprint density at radius 3 is 2.16 bits per heavy atom. The zero-order valence-electron chi connectivity index (χ0n) is 21.5. The lowest BCUT2D eigenvalue weighted by atomic mass is 10.2. The number of piperazine rings is 1. The number of sulfonamides is 1. The van der Waals surface area contributed by atoms with E-state index in [0.29, 0.717) is 48.4 Å². The zero-order chi connectivity index (χ0) is 27.3. The van der Waals surface area contributed by atoms with Gasteiger partial charge in [0.05, 0.1) is 31.9 Å². The molecule has 4 rings (SSSR count). The number of carbonyl (C=O) groups is 1. The quantitative estimate of drug-likeness (QED) is 0.393. The smallest absolute Gasteiger partial charge is 0.264 e. The first-order valence-corrected chi connectivity index (χ1v) is 13.8. The van der Waals surface area contributed by atoms with Crippen LogP contribution in [0.3, 0.4) is 0 Å². The molecule has 0 atom stereocenters. The van der Waals surface area contributed by atoms with Crippen LogP contribution < -0.4 is 23.4 Å². The highest BCUT2D eigenvalue weighted by Gasteiger charge is 2.31. The number of carbonyl (C=O) groups excluding carboxylic acids is 1. The van der Waals surface area contributed by atoms with E-state index in [-0.39, 0.29) is 23.1 Å². The highest BCUT2D eigenvalue weighted by Crippen LogP contribution is 2.33. The van der Waals surface area contributed by atoms with Crippen LogP contribution >= 0.6 is 11.6 Å². The molecule has 11 heteroatoms. The first-order valence-electron chi connectivity index (χ1n) is 11.9. The highest BCUT2D eigenvalue weighted by molar-refractivity contribution is 7.92. The molecule has 3 aromatic rings. The van der Waals surface area contributed by atoms with E-state index in [1.165, 1.54) is 39.5 Å². The van der Waals surface area contributed by atoms with Crippen molar-refractivity contribution in [2.75, 3.05) is 63.3 Å². The summed E-state index contributed by atoms with van der Waals surface area (Å²) in [4.78, 5) is 17.2. The van der Waals surface area contributed by atoms with Gasteiger partial charge in [-0.25, -0.2) is 8.42 Å². The molecule has 1 amide bonds. The molecule has 0 saturated carbocycles. The molecule has 0 aromatic heterocycles. The summed E-state index contributed by atoms with van der Waals surface area (Å²) >= 11 is 6.13. The van der Waals surface area contributed by atoms with Crippen LogP contribution in [0.2, 0.25) is 5.02 Å². The van der Waals surface area contributed by atoms with Gasteiger partial charge in [-0.1, -0.05) is 17.7 Å². The van der Waals surface area contributed by atoms with Gasteiger partial charge in [0.15, 0.2) is 11.5 Å². The third kappa shape index (κ3) is 5.92. The Morgan fingerprint density at radius 2 is 1.55 bits per heavy atom. The number of halogens is 1. The van der Waals surface area contributed by atoms with E-state index in [1.807, 2.05) is 24.3 Å². The maximum absolute atomic E-state index is 13.8. The minimum atomic E-state index is -4.14. The molecule has 9 nitrogen and oxygen atoms in total. The maximum Gasteiger partial charge on any atom is 0.264 e. The topological polar surface area (TPSA) is 88.6 Å². The number of nitrogens with zero attached hydrogens (tertiary/aromatic N) is 3. The van der Waals surface area contributed by atoms with Gasteiger partial charge in [-0.15, -0.1) is 0 Å². The van der Waals surface area contributed by atoms with E-state index < -0.39 is 10.0 Å². The minimum absolute atomic E-state index is 0.0236. The fourth-order valence-corrected chi connectivity index (χ4v) is 5.89. The summed E-state index contributed by atoms with van der Waals surface area (Å²) in [6, 6.07) is 18.4. The summed E-state index contributed by atoms with van der Waals surface area (Å²) in [7, 11) is 0.294. The van der Waals surface area contributed by atoms with Crippen LogP contribution in [-0.4, -0.2) is 73.3 Å². The largest absolute Gasteiger partial charge is 0.497 e. The monoisotopic (exact) mass is 559 g/mol. The fraction of sp³-hybridized carbons (Fsp3) is 0.296. The van der Waals surface area contributed by atoms with E-state index in [2.05, 4.69) is 4.90 Å². The van der Waals surface area contributed by atoms with Gasteiger partial charge < -0.3 is 24.0 Å². The number of hydrogen-bond donors (Lipinski definition) is 0. The van der Waals surface area contributed by atoms with Gasteiger partial charge >= 0.3 is 0 Å². The molecule has 0 aliphatic carbocycles. The first-order chi connectivity index (χ1) is 18.3. The first kappa shape index (κ1) is 27.4. The van der Waals surface area contributed by atoms with Crippen LogP contribution in [0.4, 0.5) is 11.4 Å². The van der Waals surface area contributed by atoms with Crippen LogP contribution in [-0.2, 0) is 14.8 Å². The van der Waals surface area contributed by atoms with Crippen molar-refractivity contribution in [3.63, 3.8) is 0 Å². The number of ether oxygens (including phenoxy) is 3. The van der Waals surface area contributed by atoms with Crippen molar-refractivity contribution >= 4 is 38.9 Å². The number of hydrogen-bond acceptors (Lipinski definition) is 7. The average Bonchev–Trinajstić information content (AvgIpc) is 2.95. The van der Waals surface area contributed by atoms with Gasteiger partial charge in [0, 0.05) is 43.0 Å². The summed E-state index contributed by atoms with van der Waals surface area (Å²) in [6.45, 7) is 1.77. The molecule has 1 aliphatic heterocycles. The van der Waals surface area contributed by atoms with Crippen LogP contribution in [0.15, 0.2) is 71.6 Å². The van der Waals surface area contributed by atoms with Crippen molar-refractivity contribution in [2.24, 2.45) is 0 Å². The van der Waals surface area contributed by atoms with E-state index in [9.17, 15) is 13.2 Å². The molecule has 3 aromatic carbocycles. The molecule has 0 unspecified atom stereocenters. The Bertz CT molecular complexity index is 1380. The number of amides is 1. The van der Waals surface area contributed by atoms with Crippen LogP contribution in [0, 0.1) is 0 Å². The van der Waals surface area contributed by atoms with E-state index in [0.717, 1.165) is 9.99 Å². The van der Waals surface area contributed by atoms with E-state index >= 15 is 0 Å². The molecule has 1 saturated heterocycles. The van der Waals surface area contributed by atoms with Gasteiger partial charge in [-0.3, -0.25) is 9.10 Å². The second-order valence-electron chi connectivity index (χ2n) is 8.57. The standard InChI is InChI=1S/C27H30ClN3O6S/c1-35-23-9-7-21(8-10-23)31(38(33,34)24-11-12-25(36-2)26(18-24)37-3)19-27(32)30-15-13-29(14-16-30)22-6-4-5-20(28)17-22/h4-12,17-18H,13-16,19H2,1-3H3. The summed E-state index contributed by atoms with van der Waals surface area (Å²) in [5.74, 6) is 0.944. The summed E-state index contributed by atoms with van der Waals surface area (Å²) in [5.41, 5.74) is 1.33. The minimum Gasteiger partial charge on any atom is -0.497 e. The zero-order valence-corrected chi connectivity index (χ0v) is 23.0. The Morgan fingerprint density at radius 1 is 0.868 bits per heavy atom. The predicted octanol–water partition coefficient (Wildman–Crippen LogP) is 3.91. The number of anilines is 2. The SMILES string of the molecule is COc1ccc(N(CC(=O)N2CCN(c3cccc(Cl)c3)CC2)S(=O)(=O)c2ccc(OC)c(OC)c2)cc1. The normalized spacial score (nSPS) is 13.7. The molecule has 1 aliphatic rings. The third-order valence-electron chi connectivity index (χ3n) is 6.39. The molecule has 0 bridgehead atoms. The van der Waals surface area contributed by atoms with Crippen molar-refractivity contribution in [1.82, 2.24) is 4.90 Å². The van der Waals surface area contributed by atoms with Crippen molar-refractivity contribution in [1.29, 1.82) is 0 Å². The maximum atomic E-state index is 13.8. The molecule has 38 heavy (non-hydrogen) atoms. The Kier molecular flexibility index (Phi) is 8.53. The van der Waals surface area contributed by atoms with Crippen molar-refractivity contribution < 1.29 is 27.4 Å². The van der Waals surface area contributed by atoms with Crippen LogP contribution in [0.25, 0.3) is 0 Å². The van der Waals surface area contributed by atoms with Crippen molar-refractivity contribution in [2.45, 2.75) is 4.90 Å². The molecule has 1 heterocycles. The Hall–Kier alpha value is -3.63.